The zero-order valence-electron chi connectivity index (χ0n) is 14.2. The lowest BCUT2D eigenvalue weighted by atomic mass is 10.1. The molecule has 0 saturated carbocycles. The van der Waals surface area contributed by atoms with Crippen LogP contribution in [0, 0.1) is 0 Å². The summed E-state index contributed by atoms with van der Waals surface area (Å²) in [6.45, 7) is -0.229. The summed E-state index contributed by atoms with van der Waals surface area (Å²) >= 11 is 0. The minimum absolute atomic E-state index is 0.190. The number of aryl methyl sites for hydroxylation is 1. The Hall–Kier alpha value is -2.68. The fourth-order valence-corrected chi connectivity index (χ4v) is 3.22. The van der Waals surface area contributed by atoms with E-state index in [1.54, 1.807) is 16.7 Å². The molecule has 26 heavy (non-hydrogen) atoms. The number of carbonyl (C=O) groups is 1. The number of carbonyl (C=O) groups excluding carboxylic acids is 1. The number of aromatic amines is 1. The third kappa shape index (κ3) is 2.98. The lowest BCUT2D eigenvalue weighted by Crippen LogP contribution is -2.24. The summed E-state index contributed by atoms with van der Waals surface area (Å²) in [5.74, 6) is 0.408. The van der Waals surface area contributed by atoms with Gasteiger partial charge in [-0.05, 0) is 30.3 Å². The molecular weight excluding hydrogens is 336 g/mol. The van der Waals surface area contributed by atoms with Gasteiger partial charge in [0.05, 0.1) is 23.7 Å². The summed E-state index contributed by atoms with van der Waals surface area (Å²) in [5, 5.41) is 21.9. The zero-order valence-corrected chi connectivity index (χ0v) is 14.2. The first-order valence-corrected chi connectivity index (χ1v) is 8.42. The molecule has 8 nitrogen and oxygen atoms in total. The monoisotopic (exact) mass is 356 g/mol. The molecule has 0 unspecified atom stereocenters. The molecule has 1 saturated heterocycles. The number of hydrogen-bond donors (Lipinski definition) is 4. The lowest BCUT2D eigenvalue weighted by Gasteiger charge is -2.09. The topological polar surface area (TPSA) is 112 Å². The normalized spacial score (nSPS) is 22.8. The minimum atomic E-state index is -0.710. The second-order valence-electron chi connectivity index (χ2n) is 6.46. The van der Waals surface area contributed by atoms with Crippen LogP contribution in [-0.2, 0) is 11.8 Å². The molecule has 1 aliphatic rings. The largest absolute Gasteiger partial charge is 0.394 e. The molecule has 0 bridgehead atoms. The number of fused-ring (bicyclic) bond motifs is 1. The maximum atomic E-state index is 12.3. The van der Waals surface area contributed by atoms with Crippen LogP contribution in [0.3, 0.4) is 0 Å². The fraction of sp³-hybridized carbons (Fsp3) is 0.333. The molecule has 4 N–H and O–H groups in total. The van der Waals surface area contributed by atoms with E-state index < -0.39 is 18.3 Å². The number of nitrogens with one attached hydrogen (secondary N) is 2. The van der Waals surface area contributed by atoms with E-state index >= 15 is 0 Å². The highest BCUT2D eigenvalue weighted by molar-refractivity contribution is 6.03. The fourth-order valence-electron chi connectivity index (χ4n) is 3.22. The number of anilines is 1. The van der Waals surface area contributed by atoms with Crippen LogP contribution < -0.4 is 5.32 Å². The number of aromatic nitrogens is 3. The molecule has 3 aromatic rings. The molecule has 0 spiro atoms. The first kappa shape index (κ1) is 16.8. The van der Waals surface area contributed by atoms with Crippen molar-refractivity contribution in [3.63, 3.8) is 0 Å². The van der Waals surface area contributed by atoms with E-state index in [4.69, 9.17) is 4.74 Å². The van der Waals surface area contributed by atoms with Crippen LogP contribution in [0.5, 0.6) is 0 Å². The SMILES string of the molecule is Cn1cccc1C(=O)Nc1ccc2nc([C@H]3C[C@H](O)[C@@H](CO)O3)[nH]c2c1. The standard InChI is InChI=1S/C18H20N4O4/c1-22-6-2-3-13(22)18(25)19-10-4-5-11-12(7-10)21-17(20-11)15-8-14(24)16(9-23)26-15/h2-7,14-16,23-24H,8-9H2,1H3,(H,19,25)(H,20,21)/t14-,15+,16+/m0/s1. The third-order valence-corrected chi connectivity index (χ3v) is 4.64. The number of ether oxygens (including phenoxy) is 1. The van der Waals surface area contributed by atoms with E-state index in [2.05, 4.69) is 15.3 Å². The Bertz CT molecular complexity index is 948. The van der Waals surface area contributed by atoms with Crippen molar-refractivity contribution in [1.29, 1.82) is 0 Å². The van der Waals surface area contributed by atoms with Crippen LogP contribution in [0.1, 0.15) is 28.8 Å². The molecule has 1 aromatic carbocycles. The summed E-state index contributed by atoms with van der Waals surface area (Å²) in [5.41, 5.74) is 2.72. The van der Waals surface area contributed by atoms with Gasteiger partial charge in [0.25, 0.3) is 5.91 Å². The van der Waals surface area contributed by atoms with Gasteiger partial charge in [0.2, 0.25) is 0 Å². The number of nitrogens with zero attached hydrogens (tertiary/aromatic N) is 2. The predicted octanol–water partition coefficient (Wildman–Crippen LogP) is 1.34. The number of hydrogen-bond acceptors (Lipinski definition) is 5. The Morgan fingerprint density at radius 1 is 1.46 bits per heavy atom. The number of H-pyrrole nitrogens is 1. The van der Waals surface area contributed by atoms with Crippen LogP contribution in [-0.4, -0.2) is 49.5 Å². The quantitative estimate of drug-likeness (QED) is 0.563. The van der Waals surface area contributed by atoms with Crippen LogP contribution in [0.4, 0.5) is 5.69 Å². The van der Waals surface area contributed by atoms with Gasteiger partial charge in [-0.3, -0.25) is 4.79 Å². The average Bonchev–Trinajstić information content (AvgIpc) is 3.31. The van der Waals surface area contributed by atoms with Crippen molar-refractivity contribution in [3.05, 3.63) is 48.0 Å². The molecular formula is C18H20N4O4. The Labute approximate surface area is 149 Å². The van der Waals surface area contributed by atoms with Gasteiger partial charge in [-0.15, -0.1) is 0 Å². The van der Waals surface area contributed by atoms with Gasteiger partial charge >= 0.3 is 0 Å². The van der Waals surface area contributed by atoms with Gasteiger partial charge in [0, 0.05) is 25.4 Å². The summed E-state index contributed by atoms with van der Waals surface area (Å²) in [6.07, 6.45) is 0.500. The average molecular weight is 356 g/mol. The summed E-state index contributed by atoms with van der Waals surface area (Å²) in [7, 11) is 1.81. The number of aliphatic hydroxyl groups excluding tert-OH is 2. The van der Waals surface area contributed by atoms with E-state index in [-0.39, 0.29) is 12.5 Å². The van der Waals surface area contributed by atoms with Gasteiger partial charge in [0.15, 0.2) is 0 Å². The van der Waals surface area contributed by atoms with E-state index in [1.807, 2.05) is 31.4 Å². The van der Waals surface area contributed by atoms with Crippen molar-refractivity contribution in [1.82, 2.24) is 14.5 Å². The predicted molar refractivity (Wildman–Crippen MR) is 94.8 cm³/mol. The van der Waals surface area contributed by atoms with E-state index in [0.717, 1.165) is 11.0 Å². The maximum Gasteiger partial charge on any atom is 0.272 e. The molecule has 0 radical (unpaired) electrons. The van der Waals surface area contributed by atoms with Crippen LogP contribution in [0.2, 0.25) is 0 Å². The van der Waals surface area contributed by atoms with E-state index in [0.29, 0.717) is 23.6 Å². The minimum Gasteiger partial charge on any atom is -0.394 e. The van der Waals surface area contributed by atoms with Gasteiger partial charge in [0.1, 0.15) is 23.7 Å². The second kappa shape index (κ2) is 6.56. The highest BCUT2D eigenvalue weighted by Crippen LogP contribution is 2.32. The first-order valence-electron chi connectivity index (χ1n) is 8.42. The molecule has 136 valence electrons. The third-order valence-electron chi connectivity index (χ3n) is 4.64. The highest BCUT2D eigenvalue weighted by atomic mass is 16.5. The zero-order chi connectivity index (χ0) is 18.3. The Morgan fingerprint density at radius 2 is 2.31 bits per heavy atom. The number of rotatable bonds is 4. The van der Waals surface area contributed by atoms with Gasteiger partial charge in [-0.25, -0.2) is 4.98 Å². The van der Waals surface area contributed by atoms with Crippen LogP contribution >= 0.6 is 0 Å². The molecule has 0 aliphatic carbocycles. The smallest absolute Gasteiger partial charge is 0.272 e. The molecule has 1 amide bonds. The second-order valence-corrected chi connectivity index (χ2v) is 6.46. The first-order chi connectivity index (χ1) is 12.5. The maximum absolute atomic E-state index is 12.3. The van der Waals surface area contributed by atoms with Crippen molar-refractivity contribution >= 4 is 22.6 Å². The summed E-state index contributed by atoms with van der Waals surface area (Å²) in [6, 6.07) is 8.97. The van der Waals surface area contributed by atoms with Crippen molar-refractivity contribution in [2.75, 3.05) is 11.9 Å². The molecule has 1 fully saturated rings. The summed E-state index contributed by atoms with van der Waals surface area (Å²) < 4.78 is 7.38. The molecule has 1 aliphatic heterocycles. The number of amides is 1. The Kier molecular flexibility index (Phi) is 4.23. The van der Waals surface area contributed by atoms with Gasteiger partial charge in [-0.2, -0.15) is 0 Å². The number of aliphatic hydroxyl groups is 2. The van der Waals surface area contributed by atoms with Gasteiger partial charge < -0.3 is 29.8 Å². The van der Waals surface area contributed by atoms with Crippen molar-refractivity contribution < 1.29 is 19.7 Å². The molecule has 3 atom stereocenters. The van der Waals surface area contributed by atoms with Crippen LogP contribution in [0.15, 0.2) is 36.5 Å². The highest BCUT2D eigenvalue weighted by Gasteiger charge is 2.35. The molecule has 3 heterocycles. The van der Waals surface area contributed by atoms with Crippen LogP contribution in [0.25, 0.3) is 11.0 Å². The number of imidazole rings is 1. The van der Waals surface area contributed by atoms with E-state index in [1.165, 1.54) is 0 Å². The molecule has 2 aromatic heterocycles. The van der Waals surface area contributed by atoms with Gasteiger partial charge in [-0.1, -0.05) is 0 Å². The van der Waals surface area contributed by atoms with Crippen molar-refractivity contribution in [2.24, 2.45) is 7.05 Å². The summed E-state index contributed by atoms with van der Waals surface area (Å²) in [4.78, 5) is 20.0. The number of benzene rings is 1. The Morgan fingerprint density at radius 3 is 3.00 bits per heavy atom. The molecule has 4 rings (SSSR count). The lowest BCUT2D eigenvalue weighted by molar-refractivity contribution is -0.0244. The molecule has 8 heteroatoms. The Balaban J connectivity index is 1.55. The van der Waals surface area contributed by atoms with Crippen molar-refractivity contribution in [2.45, 2.75) is 24.7 Å². The van der Waals surface area contributed by atoms with Crippen molar-refractivity contribution in [3.8, 4) is 0 Å². The van der Waals surface area contributed by atoms with E-state index in [9.17, 15) is 15.0 Å².